The van der Waals surface area contributed by atoms with Gasteiger partial charge in [-0.1, -0.05) is 24.3 Å². The lowest BCUT2D eigenvalue weighted by Crippen LogP contribution is -2.31. The van der Waals surface area contributed by atoms with Crippen LogP contribution >= 0.6 is 0 Å². The Morgan fingerprint density at radius 2 is 1.89 bits per heavy atom. The summed E-state index contributed by atoms with van der Waals surface area (Å²) in [7, 11) is -2.23. The minimum absolute atomic E-state index is 0.00826. The van der Waals surface area contributed by atoms with E-state index >= 15 is 0 Å². The fourth-order valence-corrected chi connectivity index (χ4v) is 3.65. The predicted octanol–water partition coefficient (Wildman–Crippen LogP) is 2.40. The molecule has 0 N–H and O–H groups in total. The van der Waals surface area contributed by atoms with Crippen LogP contribution in [0.2, 0.25) is 0 Å². The second kappa shape index (κ2) is 7.72. The van der Waals surface area contributed by atoms with Gasteiger partial charge in [0.25, 0.3) is 10.1 Å². The van der Waals surface area contributed by atoms with Gasteiger partial charge in [0.15, 0.2) is 5.82 Å². The van der Waals surface area contributed by atoms with Crippen LogP contribution in [0.5, 0.6) is 0 Å². The largest absolute Gasteiger partial charge is 0.297 e. The average molecular weight is 407 g/mol. The van der Waals surface area contributed by atoms with Gasteiger partial charge in [-0.15, -0.1) is 0 Å². The molecule has 1 aliphatic heterocycles. The number of hydrogen-bond acceptors (Lipinski definition) is 7. The molecule has 0 fully saturated rings. The first-order chi connectivity index (χ1) is 13.2. The molecule has 1 atom stereocenters. The minimum Gasteiger partial charge on any atom is -0.274 e. The van der Waals surface area contributed by atoms with E-state index in [1.54, 1.807) is 47.9 Å². The third kappa shape index (κ3) is 4.23. The summed E-state index contributed by atoms with van der Waals surface area (Å²) in [5.41, 5.74) is 0.917. The molecule has 0 unspecified atom stereocenters. The van der Waals surface area contributed by atoms with Gasteiger partial charge in [0.2, 0.25) is 0 Å². The number of amidine groups is 1. The monoisotopic (exact) mass is 407 g/mol. The summed E-state index contributed by atoms with van der Waals surface area (Å²) >= 11 is 0. The molecule has 0 radical (unpaired) electrons. The maximum absolute atomic E-state index is 14.4. The van der Waals surface area contributed by atoms with Gasteiger partial charge in [0, 0.05) is 19.3 Å². The van der Waals surface area contributed by atoms with Gasteiger partial charge >= 0.3 is 0 Å². The van der Waals surface area contributed by atoms with Crippen LogP contribution in [0.3, 0.4) is 0 Å². The Morgan fingerprint density at radius 1 is 1.21 bits per heavy atom. The molecule has 0 amide bonds. The van der Waals surface area contributed by atoms with E-state index in [-0.39, 0.29) is 11.4 Å². The van der Waals surface area contributed by atoms with E-state index in [9.17, 15) is 12.8 Å². The third-order valence-electron chi connectivity index (χ3n) is 4.16. The Kier molecular flexibility index (Phi) is 5.52. The highest BCUT2D eigenvalue weighted by atomic mass is 32.2. The Labute approximate surface area is 163 Å². The highest BCUT2D eigenvalue weighted by Gasteiger charge is 2.30. The van der Waals surface area contributed by atoms with Crippen molar-refractivity contribution in [1.29, 1.82) is 0 Å². The first kappa shape index (κ1) is 20.0. The molecule has 8 nitrogen and oxygen atoms in total. The molecule has 1 aliphatic rings. The van der Waals surface area contributed by atoms with Crippen LogP contribution in [0.25, 0.3) is 0 Å². The number of hydrogen-bond donors (Lipinski definition) is 0. The minimum atomic E-state index is -4.02. The van der Waals surface area contributed by atoms with Crippen molar-refractivity contribution in [3.63, 3.8) is 0 Å². The van der Waals surface area contributed by atoms with E-state index in [4.69, 9.17) is 4.18 Å². The number of hydrazone groups is 1. The smallest absolute Gasteiger partial charge is 0.274 e. The quantitative estimate of drug-likeness (QED) is 0.656. The van der Waals surface area contributed by atoms with Gasteiger partial charge in [-0.2, -0.15) is 18.6 Å². The SMILES string of the molecule is C=C1N(C[C@@H](F)COS(=O)(=O)c2ccc(C)cc2)N=C(C)N1c1ccn(C)n1. The van der Waals surface area contributed by atoms with Crippen LogP contribution < -0.4 is 4.90 Å². The first-order valence-electron chi connectivity index (χ1n) is 8.59. The van der Waals surface area contributed by atoms with Crippen molar-refractivity contribution in [2.24, 2.45) is 12.1 Å². The first-order valence-corrected chi connectivity index (χ1v) is 10.00. The molecule has 10 heteroatoms. The summed E-state index contributed by atoms with van der Waals surface area (Å²) in [5.74, 6) is 1.63. The number of halogens is 1. The summed E-state index contributed by atoms with van der Waals surface area (Å²) in [6, 6.07) is 7.96. The fraction of sp³-hybridized carbons (Fsp3) is 0.333. The van der Waals surface area contributed by atoms with Crippen molar-refractivity contribution >= 4 is 21.8 Å². The summed E-state index contributed by atoms with van der Waals surface area (Å²) in [6.45, 7) is 6.73. The maximum atomic E-state index is 14.4. The molecular weight excluding hydrogens is 385 g/mol. The molecule has 0 saturated carbocycles. The molecule has 3 rings (SSSR count). The molecule has 2 heterocycles. The summed E-state index contributed by atoms with van der Waals surface area (Å²) < 4.78 is 45.3. The van der Waals surface area contributed by atoms with E-state index in [2.05, 4.69) is 16.8 Å². The molecule has 0 spiro atoms. The Balaban J connectivity index is 1.60. The van der Waals surface area contributed by atoms with E-state index in [1.807, 2.05) is 6.92 Å². The van der Waals surface area contributed by atoms with Crippen molar-refractivity contribution < 1.29 is 17.0 Å². The van der Waals surface area contributed by atoms with Gasteiger partial charge < -0.3 is 0 Å². The number of rotatable bonds is 7. The van der Waals surface area contributed by atoms with Crippen molar-refractivity contribution in [3.05, 3.63) is 54.5 Å². The van der Waals surface area contributed by atoms with Gasteiger partial charge in [0.1, 0.15) is 17.8 Å². The van der Waals surface area contributed by atoms with E-state index in [0.717, 1.165) is 5.56 Å². The van der Waals surface area contributed by atoms with Crippen LogP contribution in [0.1, 0.15) is 12.5 Å². The maximum Gasteiger partial charge on any atom is 0.297 e. The van der Waals surface area contributed by atoms with Crippen LogP contribution in [0.4, 0.5) is 10.2 Å². The Hall–Kier alpha value is -2.72. The number of aryl methyl sites for hydroxylation is 2. The van der Waals surface area contributed by atoms with E-state index in [1.165, 1.54) is 17.1 Å². The molecule has 1 aromatic heterocycles. The number of benzene rings is 1. The molecule has 1 aromatic carbocycles. The van der Waals surface area contributed by atoms with Crippen molar-refractivity contribution in [2.75, 3.05) is 18.1 Å². The number of alkyl halides is 1. The van der Waals surface area contributed by atoms with E-state index in [0.29, 0.717) is 17.5 Å². The van der Waals surface area contributed by atoms with Gasteiger partial charge in [0.05, 0.1) is 18.0 Å². The van der Waals surface area contributed by atoms with Gasteiger partial charge in [-0.3, -0.25) is 13.8 Å². The predicted molar refractivity (Wildman–Crippen MR) is 104 cm³/mol. The highest BCUT2D eigenvalue weighted by molar-refractivity contribution is 7.86. The van der Waals surface area contributed by atoms with E-state index < -0.39 is 22.9 Å². The number of aromatic nitrogens is 2. The molecular formula is C18H22FN5O3S. The standard InChI is InChI=1S/C18H22FN5O3S/c1-13-5-7-17(8-6-13)28(25,26)27-12-16(19)11-23-15(3)24(14(2)20-23)18-9-10-22(4)21-18/h5-10,16H,3,11-12H2,1-2,4H3/t16-/m1/s1. The van der Waals surface area contributed by atoms with Crippen LogP contribution in [0, 0.1) is 6.92 Å². The number of nitrogens with zero attached hydrogens (tertiary/aromatic N) is 5. The highest BCUT2D eigenvalue weighted by Crippen LogP contribution is 2.25. The fourth-order valence-electron chi connectivity index (χ4n) is 2.72. The molecule has 150 valence electrons. The normalized spacial score (nSPS) is 15.9. The Morgan fingerprint density at radius 3 is 2.50 bits per heavy atom. The lowest BCUT2D eigenvalue weighted by atomic mass is 10.2. The topological polar surface area (TPSA) is 80.0 Å². The molecule has 2 aromatic rings. The summed E-state index contributed by atoms with van der Waals surface area (Å²) in [4.78, 5) is 1.68. The van der Waals surface area contributed by atoms with Crippen LogP contribution in [0.15, 0.2) is 58.9 Å². The zero-order valence-electron chi connectivity index (χ0n) is 15.9. The second-order valence-electron chi connectivity index (χ2n) is 6.48. The average Bonchev–Trinajstić information content (AvgIpc) is 3.16. The van der Waals surface area contributed by atoms with Gasteiger partial charge in [-0.05, 0) is 26.0 Å². The lowest BCUT2D eigenvalue weighted by Gasteiger charge is -2.22. The molecule has 0 saturated heterocycles. The molecule has 0 bridgehead atoms. The second-order valence-corrected chi connectivity index (χ2v) is 8.09. The lowest BCUT2D eigenvalue weighted by molar-refractivity contribution is 0.162. The van der Waals surface area contributed by atoms with Gasteiger partial charge in [-0.25, -0.2) is 9.40 Å². The Bertz CT molecular complexity index is 1000. The molecule has 28 heavy (non-hydrogen) atoms. The molecule has 0 aliphatic carbocycles. The van der Waals surface area contributed by atoms with Crippen LogP contribution in [-0.2, 0) is 21.3 Å². The number of anilines is 1. The summed E-state index contributed by atoms with van der Waals surface area (Å²) in [6.07, 6.45) is 0.192. The van der Waals surface area contributed by atoms with Crippen LogP contribution in [-0.4, -0.2) is 48.4 Å². The zero-order chi connectivity index (χ0) is 20.5. The zero-order valence-corrected chi connectivity index (χ0v) is 16.7. The third-order valence-corrected chi connectivity index (χ3v) is 5.45. The summed E-state index contributed by atoms with van der Waals surface area (Å²) in [5, 5.41) is 9.93. The van der Waals surface area contributed by atoms with Crippen molar-refractivity contribution in [3.8, 4) is 0 Å². The van der Waals surface area contributed by atoms with Crippen molar-refractivity contribution in [2.45, 2.75) is 24.9 Å². The van der Waals surface area contributed by atoms with Crippen molar-refractivity contribution in [1.82, 2.24) is 14.8 Å².